The van der Waals surface area contributed by atoms with Gasteiger partial charge >= 0.3 is 5.69 Å². The first kappa shape index (κ1) is 9.45. The molecule has 0 aromatic carbocycles. The van der Waals surface area contributed by atoms with Gasteiger partial charge in [0.25, 0.3) is 0 Å². The first-order valence-corrected chi connectivity index (χ1v) is 5.11. The minimum Gasteiger partial charge on any atom is -0.316 e. The van der Waals surface area contributed by atoms with E-state index in [1.54, 1.807) is 10.9 Å². The van der Waals surface area contributed by atoms with Crippen LogP contribution < -0.4 is 11.0 Å². The lowest BCUT2D eigenvalue weighted by atomic mass is 9.93. The highest BCUT2D eigenvalue weighted by Gasteiger charge is 2.22. The minimum atomic E-state index is -0.108. The second kappa shape index (κ2) is 3.96. The molecule has 2 N–H and O–H groups in total. The van der Waals surface area contributed by atoms with Crippen LogP contribution in [-0.2, 0) is 0 Å². The molecule has 78 valence electrons. The summed E-state index contributed by atoms with van der Waals surface area (Å²) in [6.07, 6.45) is 3.97. The molecule has 1 aromatic heterocycles. The molecule has 2 rings (SSSR count). The molecule has 0 spiro atoms. The van der Waals surface area contributed by atoms with E-state index in [1.165, 1.54) is 12.8 Å². The van der Waals surface area contributed by atoms with E-state index in [0.29, 0.717) is 5.92 Å². The quantitative estimate of drug-likeness (QED) is 0.707. The summed E-state index contributed by atoms with van der Waals surface area (Å²) in [6.45, 7) is 4.18. The second-order valence-electron chi connectivity index (χ2n) is 3.92. The Labute approximate surface area is 82.5 Å². The van der Waals surface area contributed by atoms with Crippen molar-refractivity contribution in [2.24, 2.45) is 5.92 Å². The number of aromatic amines is 1. The molecule has 1 fully saturated rings. The SMILES string of the molecule is CC(C1CCCNC1)n1cn[nH]c1=O. The normalized spacial score (nSPS) is 24.8. The van der Waals surface area contributed by atoms with Crippen LogP contribution in [0.15, 0.2) is 11.1 Å². The van der Waals surface area contributed by atoms with Crippen molar-refractivity contribution in [2.75, 3.05) is 13.1 Å². The van der Waals surface area contributed by atoms with Crippen LogP contribution in [-0.4, -0.2) is 27.9 Å². The summed E-state index contributed by atoms with van der Waals surface area (Å²) in [5, 5.41) is 9.52. The van der Waals surface area contributed by atoms with Crippen molar-refractivity contribution in [1.29, 1.82) is 0 Å². The predicted octanol–water partition coefficient (Wildman–Crippen LogP) is 0.132. The van der Waals surface area contributed by atoms with Crippen LogP contribution in [0.3, 0.4) is 0 Å². The van der Waals surface area contributed by atoms with E-state index in [0.717, 1.165) is 13.1 Å². The molecule has 1 aliphatic heterocycles. The highest BCUT2D eigenvalue weighted by molar-refractivity contribution is 4.80. The average molecular weight is 196 g/mol. The Bertz CT molecular complexity index is 337. The number of aromatic nitrogens is 3. The van der Waals surface area contributed by atoms with Crippen LogP contribution >= 0.6 is 0 Å². The summed E-state index contributed by atoms with van der Waals surface area (Å²) in [5.74, 6) is 0.541. The van der Waals surface area contributed by atoms with E-state index in [-0.39, 0.29) is 11.7 Å². The van der Waals surface area contributed by atoms with Crippen molar-refractivity contribution in [2.45, 2.75) is 25.8 Å². The van der Waals surface area contributed by atoms with Gasteiger partial charge in [-0.15, -0.1) is 0 Å². The van der Waals surface area contributed by atoms with Crippen molar-refractivity contribution in [3.05, 3.63) is 16.8 Å². The Morgan fingerprint density at radius 1 is 1.71 bits per heavy atom. The fraction of sp³-hybridized carbons (Fsp3) is 0.778. The molecule has 0 aliphatic carbocycles. The van der Waals surface area contributed by atoms with E-state index >= 15 is 0 Å². The third kappa shape index (κ3) is 1.72. The minimum absolute atomic E-state index is 0.108. The molecule has 0 radical (unpaired) electrons. The molecule has 14 heavy (non-hydrogen) atoms. The number of rotatable bonds is 2. The van der Waals surface area contributed by atoms with Crippen LogP contribution in [0.2, 0.25) is 0 Å². The van der Waals surface area contributed by atoms with Gasteiger partial charge in [0, 0.05) is 6.04 Å². The average Bonchev–Trinajstić information content (AvgIpc) is 2.65. The van der Waals surface area contributed by atoms with Crippen LogP contribution in [0.4, 0.5) is 0 Å². The smallest absolute Gasteiger partial charge is 0.316 e. The maximum atomic E-state index is 11.3. The lowest BCUT2D eigenvalue weighted by Crippen LogP contribution is -2.36. The van der Waals surface area contributed by atoms with E-state index in [9.17, 15) is 4.79 Å². The molecule has 2 atom stereocenters. The fourth-order valence-electron chi connectivity index (χ4n) is 2.06. The predicted molar refractivity (Wildman–Crippen MR) is 53.2 cm³/mol. The summed E-state index contributed by atoms with van der Waals surface area (Å²) in [7, 11) is 0. The molecule has 0 bridgehead atoms. The third-order valence-electron chi connectivity index (χ3n) is 3.03. The maximum absolute atomic E-state index is 11.3. The zero-order valence-electron chi connectivity index (χ0n) is 8.36. The van der Waals surface area contributed by atoms with Crippen LogP contribution in [0, 0.1) is 5.92 Å². The Kier molecular flexibility index (Phi) is 2.67. The zero-order valence-corrected chi connectivity index (χ0v) is 8.36. The molecule has 0 saturated carbocycles. The number of hydrogen-bond donors (Lipinski definition) is 2. The van der Waals surface area contributed by atoms with E-state index in [2.05, 4.69) is 22.4 Å². The summed E-state index contributed by atoms with van der Waals surface area (Å²) < 4.78 is 1.68. The Balaban J connectivity index is 2.11. The molecule has 1 aromatic rings. The summed E-state index contributed by atoms with van der Waals surface area (Å²) in [6, 6.07) is 0.231. The van der Waals surface area contributed by atoms with E-state index in [4.69, 9.17) is 0 Å². The second-order valence-corrected chi connectivity index (χ2v) is 3.92. The molecular weight excluding hydrogens is 180 g/mol. The first-order chi connectivity index (χ1) is 6.79. The van der Waals surface area contributed by atoms with Crippen molar-refractivity contribution >= 4 is 0 Å². The molecule has 2 unspecified atom stereocenters. The molecule has 1 aliphatic rings. The monoisotopic (exact) mass is 196 g/mol. The molecule has 1 saturated heterocycles. The van der Waals surface area contributed by atoms with E-state index < -0.39 is 0 Å². The van der Waals surface area contributed by atoms with Gasteiger partial charge in [-0.3, -0.25) is 4.57 Å². The molecule has 0 amide bonds. The van der Waals surface area contributed by atoms with E-state index in [1.807, 2.05) is 0 Å². The van der Waals surface area contributed by atoms with Crippen LogP contribution in [0.1, 0.15) is 25.8 Å². The highest BCUT2D eigenvalue weighted by atomic mass is 16.1. The van der Waals surface area contributed by atoms with Gasteiger partial charge in [-0.2, -0.15) is 5.10 Å². The number of nitrogens with zero attached hydrogens (tertiary/aromatic N) is 2. The summed E-state index contributed by atoms with van der Waals surface area (Å²) in [5.41, 5.74) is -0.108. The van der Waals surface area contributed by atoms with Crippen molar-refractivity contribution in [3.8, 4) is 0 Å². The molecular formula is C9H16N4O. The van der Waals surface area contributed by atoms with Gasteiger partial charge in [-0.1, -0.05) is 0 Å². The van der Waals surface area contributed by atoms with Gasteiger partial charge in [0.2, 0.25) is 0 Å². The van der Waals surface area contributed by atoms with Crippen molar-refractivity contribution in [1.82, 2.24) is 20.1 Å². The van der Waals surface area contributed by atoms with Gasteiger partial charge in [-0.05, 0) is 38.8 Å². The number of hydrogen-bond acceptors (Lipinski definition) is 3. The number of piperidine rings is 1. The molecule has 5 nitrogen and oxygen atoms in total. The lowest BCUT2D eigenvalue weighted by Gasteiger charge is -2.28. The maximum Gasteiger partial charge on any atom is 0.343 e. The van der Waals surface area contributed by atoms with Crippen molar-refractivity contribution < 1.29 is 0 Å². The largest absolute Gasteiger partial charge is 0.343 e. The van der Waals surface area contributed by atoms with Gasteiger partial charge in [0.05, 0.1) is 0 Å². The Morgan fingerprint density at radius 2 is 2.57 bits per heavy atom. The van der Waals surface area contributed by atoms with Gasteiger partial charge in [0.15, 0.2) is 0 Å². The lowest BCUT2D eigenvalue weighted by molar-refractivity contribution is 0.276. The number of nitrogens with one attached hydrogen (secondary N) is 2. The van der Waals surface area contributed by atoms with Crippen LogP contribution in [0.5, 0.6) is 0 Å². The van der Waals surface area contributed by atoms with Gasteiger partial charge in [0.1, 0.15) is 6.33 Å². The summed E-state index contributed by atoms with van der Waals surface area (Å²) in [4.78, 5) is 11.3. The highest BCUT2D eigenvalue weighted by Crippen LogP contribution is 2.22. The third-order valence-corrected chi connectivity index (χ3v) is 3.03. The number of H-pyrrole nitrogens is 1. The topological polar surface area (TPSA) is 62.7 Å². The Morgan fingerprint density at radius 3 is 3.14 bits per heavy atom. The molecule has 2 heterocycles. The first-order valence-electron chi connectivity index (χ1n) is 5.11. The van der Waals surface area contributed by atoms with Crippen LogP contribution in [0.25, 0.3) is 0 Å². The van der Waals surface area contributed by atoms with Gasteiger partial charge in [-0.25, -0.2) is 9.89 Å². The Hall–Kier alpha value is -1.10. The fourth-order valence-corrected chi connectivity index (χ4v) is 2.06. The zero-order chi connectivity index (χ0) is 9.97. The van der Waals surface area contributed by atoms with Crippen molar-refractivity contribution in [3.63, 3.8) is 0 Å². The molecule has 5 heteroatoms. The summed E-state index contributed by atoms with van der Waals surface area (Å²) >= 11 is 0. The standard InChI is InChI=1S/C9H16N4O/c1-7(8-3-2-4-10-5-8)13-6-11-12-9(13)14/h6-8,10H,2-5H2,1H3,(H,12,14). The van der Waals surface area contributed by atoms with Gasteiger partial charge < -0.3 is 5.32 Å².